The van der Waals surface area contributed by atoms with Crippen LogP contribution in [0.3, 0.4) is 0 Å². The first-order valence-corrected chi connectivity index (χ1v) is 11.2. The van der Waals surface area contributed by atoms with Gasteiger partial charge in [0.05, 0.1) is 25.2 Å². The van der Waals surface area contributed by atoms with Crippen LogP contribution in [0.15, 0.2) is 35.2 Å². The minimum Gasteiger partial charge on any atom is -0.493 e. The van der Waals surface area contributed by atoms with Crippen LogP contribution in [0.1, 0.15) is 29.2 Å². The number of rotatable bonds is 9. The van der Waals surface area contributed by atoms with Crippen molar-refractivity contribution in [1.29, 1.82) is 0 Å². The zero-order valence-corrected chi connectivity index (χ0v) is 19.1. The third-order valence-corrected chi connectivity index (χ3v) is 6.60. The van der Waals surface area contributed by atoms with Gasteiger partial charge in [0.1, 0.15) is 0 Å². The van der Waals surface area contributed by atoms with Gasteiger partial charge in [0.2, 0.25) is 15.9 Å². The van der Waals surface area contributed by atoms with Gasteiger partial charge in [0, 0.05) is 6.54 Å². The molecule has 164 valence electrons. The lowest BCUT2D eigenvalue weighted by Gasteiger charge is -2.17. The molecule has 7 nitrogen and oxygen atoms in total. The Bertz CT molecular complexity index is 995. The quantitative estimate of drug-likeness (QED) is 0.633. The summed E-state index contributed by atoms with van der Waals surface area (Å²) in [5, 5.41) is 2.77. The molecule has 2 aromatic carbocycles. The van der Waals surface area contributed by atoms with Crippen molar-refractivity contribution in [2.24, 2.45) is 0 Å². The van der Waals surface area contributed by atoms with Crippen LogP contribution in [0.2, 0.25) is 0 Å². The first kappa shape index (κ1) is 23.7. The number of carbonyl (C=O) groups is 1. The summed E-state index contributed by atoms with van der Waals surface area (Å²) in [5.74, 6) is 0.864. The number of carbonyl (C=O) groups excluding carboxylic acids is 1. The highest BCUT2D eigenvalue weighted by atomic mass is 32.2. The topological polar surface area (TPSA) is 93.7 Å². The molecule has 0 radical (unpaired) electrons. The van der Waals surface area contributed by atoms with E-state index in [0.717, 1.165) is 11.1 Å². The van der Waals surface area contributed by atoms with Gasteiger partial charge >= 0.3 is 0 Å². The fraction of sp³-hybridized carbons (Fsp3) is 0.409. The predicted octanol–water partition coefficient (Wildman–Crippen LogP) is 2.65. The van der Waals surface area contributed by atoms with Crippen LogP contribution in [0.25, 0.3) is 0 Å². The monoisotopic (exact) mass is 434 g/mol. The molecule has 0 heterocycles. The molecule has 0 aliphatic carbocycles. The first-order valence-electron chi connectivity index (χ1n) is 9.67. The molecule has 0 fully saturated rings. The van der Waals surface area contributed by atoms with Gasteiger partial charge in [0.15, 0.2) is 11.5 Å². The largest absolute Gasteiger partial charge is 0.493 e. The van der Waals surface area contributed by atoms with E-state index in [4.69, 9.17) is 9.47 Å². The van der Waals surface area contributed by atoms with Gasteiger partial charge in [-0.25, -0.2) is 8.42 Å². The first-order chi connectivity index (χ1) is 14.1. The van der Waals surface area contributed by atoms with Gasteiger partial charge in [-0.1, -0.05) is 23.8 Å². The fourth-order valence-electron chi connectivity index (χ4n) is 3.46. The minimum absolute atomic E-state index is 0.220. The molecule has 2 aromatic rings. The Labute approximate surface area is 178 Å². The number of aryl methyl sites for hydroxylation is 3. The molecule has 2 N–H and O–H groups in total. The van der Waals surface area contributed by atoms with Crippen molar-refractivity contribution in [2.75, 3.05) is 20.8 Å². The van der Waals surface area contributed by atoms with Crippen molar-refractivity contribution in [3.05, 3.63) is 52.6 Å². The Morgan fingerprint density at radius 1 is 1.00 bits per heavy atom. The molecule has 2 rings (SSSR count). The van der Waals surface area contributed by atoms with Gasteiger partial charge in [-0.2, -0.15) is 4.72 Å². The molecule has 8 heteroatoms. The summed E-state index contributed by atoms with van der Waals surface area (Å²) in [6.07, 6.45) is 0.571. The standard InChI is InChI=1S/C22H30N2O5S/c1-14-11-15(2)21(16(3)12-14)30(26,27)24-17(4)22(25)23-10-9-18-7-8-19(28-5)20(13-18)29-6/h7-8,11-13,17,24H,9-10H2,1-6H3,(H,23,25). The molecule has 1 unspecified atom stereocenters. The molecule has 0 aromatic heterocycles. The predicted molar refractivity (Wildman–Crippen MR) is 117 cm³/mol. The fourth-order valence-corrected chi connectivity index (χ4v) is 5.11. The Morgan fingerprint density at radius 3 is 2.17 bits per heavy atom. The van der Waals surface area contributed by atoms with E-state index in [0.29, 0.717) is 35.6 Å². The highest BCUT2D eigenvalue weighted by Crippen LogP contribution is 2.27. The number of benzene rings is 2. The van der Waals surface area contributed by atoms with Crippen molar-refractivity contribution in [1.82, 2.24) is 10.0 Å². The van der Waals surface area contributed by atoms with Crippen LogP contribution in [0.5, 0.6) is 11.5 Å². The number of hydrogen-bond donors (Lipinski definition) is 2. The number of hydrogen-bond acceptors (Lipinski definition) is 5. The number of methoxy groups -OCH3 is 2. The Hall–Kier alpha value is -2.58. The van der Waals surface area contributed by atoms with E-state index >= 15 is 0 Å². The maximum absolute atomic E-state index is 12.8. The van der Waals surface area contributed by atoms with Gasteiger partial charge in [0.25, 0.3) is 0 Å². The Morgan fingerprint density at radius 2 is 1.60 bits per heavy atom. The average Bonchev–Trinajstić information content (AvgIpc) is 2.66. The summed E-state index contributed by atoms with van der Waals surface area (Å²) in [4.78, 5) is 12.6. The van der Waals surface area contributed by atoms with E-state index in [1.54, 1.807) is 34.1 Å². The molecule has 1 atom stereocenters. The molecule has 0 bridgehead atoms. The van der Waals surface area contributed by atoms with E-state index in [1.165, 1.54) is 6.92 Å². The Balaban J connectivity index is 1.98. The summed E-state index contributed by atoms with van der Waals surface area (Å²) in [7, 11) is -0.684. The number of ether oxygens (including phenoxy) is 2. The van der Waals surface area contributed by atoms with Gasteiger partial charge in [-0.15, -0.1) is 0 Å². The summed E-state index contributed by atoms with van der Waals surface area (Å²) in [6, 6.07) is 8.27. The van der Waals surface area contributed by atoms with E-state index < -0.39 is 16.1 Å². The van der Waals surface area contributed by atoms with Crippen LogP contribution in [-0.2, 0) is 21.2 Å². The lowest BCUT2D eigenvalue weighted by molar-refractivity contribution is -0.122. The molecular formula is C22H30N2O5S. The molecular weight excluding hydrogens is 404 g/mol. The highest BCUT2D eigenvalue weighted by molar-refractivity contribution is 7.89. The minimum atomic E-state index is -3.82. The lowest BCUT2D eigenvalue weighted by Crippen LogP contribution is -2.45. The normalized spacial score (nSPS) is 12.3. The average molecular weight is 435 g/mol. The van der Waals surface area contributed by atoms with E-state index in [9.17, 15) is 13.2 Å². The molecule has 30 heavy (non-hydrogen) atoms. The van der Waals surface area contributed by atoms with Crippen molar-refractivity contribution in [3.63, 3.8) is 0 Å². The van der Waals surface area contributed by atoms with Crippen molar-refractivity contribution in [2.45, 2.75) is 45.1 Å². The molecule has 0 aliphatic rings. The number of amides is 1. The van der Waals surface area contributed by atoms with Gasteiger partial charge < -0.3 is 14.8 Å². The second-order valence-corrected chi connectivity index (χ2v) is 8.95. The molecule has 0 saturated carbocycles. The van der Waals surface area contributed by atoms with Crippen LogP contribution in [-0.4, -0.2) is 41.1 Å². The van der Waals surface area contributed by atoms with Gasteiger partial charge in [-0.3, -0.25) is 4.79 Å². The maximum atomic E-state index is 12.8. The lowest BCUT2D eigenvalue weighted by atomic mass is 10.1. The smallest absolute Gasteiger partial charge is 0.241 e. The van der Waals surface area contributed by atoms with Crippen molar-refractivity contribution < 1.29 is 22.7 Å². The van der Waals surface area contributed by atoms with Gasteiger partial charge in [-0.05, 0) is 62.9 Å². The summed E-state index contributed by atoms with van der Waals surface area (Å²) in [5.41, 5.74) is 3.26. The van der Waals surface area contributed by atoms with Crippen molar-refractivity contribution in [3.8, 4) is 11.5 Å². The molecule has 0 aliphatic heterocycles. The van der Waals surface area contributed by atoms with E-state index in [-0.39, 0.29) is 10.8 Å². The summed E-state index contributed by atoms with van der Waals surface area (Å²) >= 11 is 0. The SMILES string of the molecule is COc1ccc(CCNC(=O)C(C)NS(=O)(=O)c2c(C)cc(C)cc2C)cc1OC. The van der Waals surface area contributed by atoms with E-state index in [2.05, 4.69) is 10.0 Å². The van der Waals surface area contributed by atoms with Crippen LogP contribution < -0.4 is 19.5 Å². The third kappa shape index (κ3) is 5.73. The zero-order valence-electron chi connectivity index (χ0n) is 18.3. The molecule has 0 saturated heterocycles. The number of sulfonamides is 1. The van der Waals surface area contributed by atoms with E-state index in [1.807, 2.05) is 31.2 Å². The summed E-state index contributed by atoms with van der Waals surface area (Å²) in [6.45, 7) is 7.31. The van der Waals surface area contributed by atoms with Crippen LogP contribution >= 0.6 is 0 Å². The third-order valence-electron chi connectivity index (χ3n) is 4.76. The highest BCUT2D eigenvalue weighted by Gasteiger charge is 2.25. The molecule has 1 amide bonds. The molecule has 0 spiro atoms. The zero-order chi connectivity index (χ0) is 22.5. The number of nitrogens with one attached hydrogen (secondary N) is 2. The second-order valence-electron chi connectivity index (χ2n) is 7.30. The summed E-state index contributed by atoms with van der Waals surface area (Å²) < 4.78 is 38.6. The Kier molecular flexibility index (Phi) is 7.86. The van der Waals surface area contributed by atoms with Crippen LogP contribution in [0, 0.1) is 20.8 Å². The van der Waals surface area contributed by atoms with Crippen LogP contribution in [0.4, 0.5) is 0 Å². The maximum Gasteiger partial charge on any atom is 0.241 e. The second kappa shape index (κ2) is 9.95. The van der Waals surface area contributed by atoms with Crippen molar-refractivity contribution >= 4 is 15.9 Å².